The van der Waals surface area contributed by atoms with E-state index in [4.69, 9.17) is 16.3 Å². The number of benzene rings is 1. The quantitative estimate of drug-likeness (QED) is 0.246. The zero-order valence-corrected chi connectivity index (χ0v) is 24.1. The molecule has 1 atom stereocenters. The smallest absolute Gasteiger partial charge is 0.433 e. The highest BCUT2D eigenvalue weighted by molar-refractivity contribution is 6.36. The van der Waals surface area contributed by atoms with E-state index in [0.717, 1.165) is 12.3 Å². The van der Waals surface area contributed by atoms with Crippen LogP contribution >= 0.6 is 11.6 Å². The van der Waals surface area contributed by atoms with Crippen molar-refractivity contribution < 1.29 is 36.2 Å². The number of ether oxygens (including phenoxy) is 1. The third kappa shape index (κ3) is 5.53. The summed E-state index contributed by atoms with van der Waals surface area (Å²) in [7, 11) is 3.00. The molecule has 3 aromatic heterocycles. The van der Waals surface area contributed by atoms with Gasteiger partial charge in [-0.3, -0.25) is 9.88 Å². The van der Waals surface area contributed by atoms with Crippen molar-refractivity contribution in [1.29, 1.82) is 0 Å². The first-order valence-corrected chi connectivity index (χ1v) is 13.6. The van der Waals surface area contributed by atoms with Crippen LogP contribution in [0.5, 0.6) is 5.88 Å². The van der Waals surface area contributed by atoms with E-state index in [1.54, 1.807) is 13.1 Å². The number of hydrogen-bond acceptors (Lipinski definition) is 6. The number of alkyl halides is 6. The fourth-order valence-corrected chi connectivity index (χ4v) is 5.76. The zero-order valence-electron chi connectivity index (χ0n) is 23.4. The molecule has 0 radical (unpaired) electrons. The SMILES string of the molecule is COc1nc2ccc(C(O)(c3ccnc(C(F)(F)F)c3)c3cncn3C)cc2c(Cl)c1CN1CCC(C)(C(F)(F)F)CC1. The summed E-state index contributed by atoms with van der Waals surface area (Å²) in [6.07, 6.45) is -5.49. The van der Waals surface area contributed by atoms with Gasteiger partial charge in [-0.2, -0.15) is 26.3 Å². The monoisotopic (exact) mass is 627 g/mol. The summed E-state index contributed by atoms with van der Waals surface area (Å²) in [5, 5.41) is 12.8. The molecule has 230 valence electrons. The fraction of sp³-hybridized carbons (Fsp3) is 0.414. The Kier molecular flexibility index (Phi) is 7.89. The van der Waals surface area contributed by atoms with Gasteiger partial charge >= 0.3 is 12.4 Å². The van der Waals surface area contributed by atoms with Crippen LogP contribution in [0.3, 0.4) is 0 Å². The average Bonchev–Trinajstić information content (AvgIpc) is 3.40. The maximum absolute atomic E-state index is 13.6. The second-order valence-corrected chi connectivity index (χ2v) is 11.4. The summed E-state index contributed by atoms with van der Waals surface area (Å²) in [6.45, 7) is 1.74. The Bertz CT molecular complexity index is 1650. The Morgan fingerprint density at radius 2 is 1.72 bits per heavy atom. The minimum Gasteiger partial charge on any atom is -0.481 e. The molecular formula is C29H28ClF6N5O2. The molecule has 1 saturated heterocycles. The number of aromatic nitrogens is 4. The minimum absolute atomic E-state index is 0.0782. The summed E-state index contributed by atoms with van der Waals surface area (Å²) in [5.41, 5.74) is -3.97. The highest BCUT2D eigenvalue weighted by atomic mass is 35.5. The number of likely N-dealkylation sites (tertiary alicyclic amines) is 1. The van der Waals surface area contributed by atoms with Gasteiger partial charge in [0.25, 0.3) is 0 Å². The summed E-state index contributed by atoms with van der Waals surface area (Å²) < 4.78 is 88.4. The summed E-state index contributed by atoms with van der Waals surface area (Å²) in [4.78, 5) is 13.9. The van der Waals surface area contributed by atoms with Crippen LogP contribution in [-0.4, -0.2) is 55.9 Å². The first-order chi connectivity index (χ1) is 20.1. The number of methoxy groups -OCH3 is 1. The molecule has 1 N–H and O–H groups in total. The molecule has 0 bridgehead atoms. The molecular weight excluding hydrogens is 600 g/mol. The maximum Gasteiger partial charge on any atom is 0.433 e. The number of nitrogens with zero attached hydrogens (tertiary/aromatic N) is 5. The van der Waals surface area contributed by atoms with Crippen LogP contribution in [0.15, 0.2) is 49.1 Å². The normalized spacial score (nSPS) is 17.7. The van der Waals surface area contributed by atoms with Crippen molar-refractivity contribution in [1.82, 2.24) is 24.4 Å². The predicted molar refractivity (Wildman–Crippen MR) is 147 cm³/mol. The molecule has 0 aliphatic carbocycles. The first-order valence-electron chi connectivity index (χ1n) is 13.3. The molecule has 43 heavy (non-hydrogen) atoms. The molecule has 1 aromatic carbocycles. The van der Waals surface area contributed by atoms with Crippen LogP contribution in [0.25, 0.3) is 10.9 Å². The van der Waals surface area contributed by atoms with Crippen molar-refractivity contribution in [2.75, 3.05) is 20.2 Å². The summed E-state index contributed by atoms with van der Waals surface area (Å²) in [6, 6.07) is 6.68. The second kappa shape index (κ2) is 10.9. The van der Waals surface area contributed by atoms with Gasteiger partial charge in [0.15, 0.2) is 5.60 Å². The van der Waals surface area contributed by atoms with Crippen LogP contribution in [0.1, 0.15) is 47.8 Å². The molecule has 4 heterocycles. The van der Waals surface area contributed by atoms with E-state index in [9.17, 15) is 31.4 Å². The summed E-state index contributed by atoms with van der Waals surface area (Å²) in [5.74, 6) is 0.195. The van der Waals surface area contributed by atoms with E-state index in [0.29, 0.717) is 16.5 Å². The summed E-state index contributed by atoms with van der Waals surface area (Å²) >= 11 is 6.90. The number of piperidine rings is 1. The van der Waals surface area contributed by atoms with E-state index < -0.39 is 29.1 Å². The molecule has 0 spiro atoms. The molecule has 0 amide bonds. The lowest BCUT2D eigenvalue weighted by Gasteiger charge is -2.40. The molecule has 1 fully saturated rings. The van der Waals surface area contributed by atoms with Gasteiger partial charge in [-0.05, 0) is 61.3 Å². The Morgan fingerprint density at radius 1 is 1.05 bits per heavy atom. The topological polar surface area (TPSA) is 76.3 Å². The van der Waals surface area contributed by atoms with Gasteiger partial charge in [0.05, 0.1) is 41.3 Å². The number of aliphatic hydroxyl groups is 1. The average molecular weight is 628 g/mol. The van der Waals surface area contributed by atoms with Gasteiger partial charge in [0.2, 0.25) is 5.88 Å². The van der Waals surface area contributed by atoms with Gasteiger partial charge in [0, 0.05) is 30.7 Å². The number of rotatable bonds is 6. The van der Waals surface area contributed by atoms with Gasteiger partial charge in [-0.1, -0.05) is 24.6 Å². The van der Waals surface area contributed by atoms with Gasteiger partial charge in [-0.25, -0.2) is 9.97 Å². The van der Waals surface area contributed by atoms with Crippen LogP contribution in [-0.2, 0) is 25.4 Å². The minimum atomic E-state index is -4.75. The van der Waals surface area contributed by atoms with E-state index >= 15 is 0 Å². The van der Waals surface area contributed by atoms with Crippen molar-refractivity contribution >= 4 is 22.5 Å². The molecule has 0 saturated carbocycles. The molecule has 4 aromatic rings. The maximum atomic E-state index is 13.6. The van der Waals surface area contributed by atoms with Crippen molar-refractivity contribution in [3.8, 4) is 5.88 Å². The van der Waals surface area contributed by atoms with Gasteiger partial charge < -0.3 is 14.4 Å². The van der Waals surface area contributed by atoms with Crippen LogP contribution < -0.4 is 4.74 Å². The van der Waals surface area contributed by atoms with E-state index in [1.165, 1.54) is 49.3 Å². The van der Waals surface area contributed by atoms with Crippen molar-refractivity contribution in [3.05, 3.63) is 82.2 Å². The highest BCUT2D eigenvalue weighted by Crippen LogP contribution is 2.47. The van der Waals surface area contributed by atoms with Crippen molar-refractivity contribution in [2.45, 2.75) is 44.3 Å². The standard InChI is InChI=1S/C29H28ClF6N5O2/c1-26(29(34,35)36)7-10-41(11-8-26)15-20-24(30)19-12-17(4-5-21(19)39-25(20)43-3)27(42,23-14-37-16-40(23)2)18-6-9-38-22(13-18)28(31,32)33/h4-6,9,12-14,16,42H,7-8,10-11,15H2,1-3H3. The Hall–Kier alpha value is -3.42. The van der Waals surface area contributed by atoms with Crippen LogP contribution in [0.2, 0.25) is 5.02 Å². The number of hydrogen-bond donors (Lipinski definition) is 1. The first kappa shape index (κ1) is 31.0. The lowest BCUT2D eigenvalue weighted by Crippen LogP contribution is -2.45. The molecule has 7 nitrogen and oxygen atoms in total. The van der Waals surface area contributed by atoms with E-state index in [-0.39, 0.29) is 60.2 Å². The van der Waals surface area contributed by atoms with Gasteiger partial charge in [-0.15, -0.1) is 0 Å². The van der Waals surface area contributed by atoms with Crippen LogP contribution in [0.4, 0.5) is 26.3 Å². The predicted octanol–water partition coefficient (Wildman–Crippen LogP) is 6.49. The number of halogens is 7. The highest BCUT2D eigenvalue weighted by Gasteiger charge is 2.52. The van der Waals surface area contributed by atoms with Crippen molar-refractivity contribution in [3.63, 3.8) is 0 Å². The number of fused-ring (bicyclic) bond motifs is 1. The van der Waals surface area contributed by atoms with Crippen LogP contribution in [0, 0.1) is 5.41 Å². The third-order valence-corrected chi connectivity index (χ3v) is 8.70. The lowest BCUT2D eigenvalue weighted by atomic mass is 9.79. The fourth-order valence-electron chi connectivity index (χ4n) is 5.46. The number of aryl methyl sites for hydroxylation is 1. The number of imidazole rings is 1. The molecule has 1 aliphatic rings. The molecule has 5 rings (SSSR count). The van der Waals surface area contributed by atoms with Gasteiger partial charge in [0.1, 0.15) is 5.69 Å². The second-order valence-electron chi connectivity index (χ2n) is 11.0. The lowest BCUT2D eigenvalue weighted by molar-refractivity contribution is -0.231. The van der Waals surface area contributed by atoms with Crippen molar-refractivity contribution in [2.24, 2.45) is 12.5 Å². The molecule has 14 heteroatoms. The third-order valence-electron chi connectivity index (χ3n) is 8.27. The van der Waals surface area contributed by atoms with E-state index in [2.05, 4.69) is 15.0 Å². The molecule has 1 aliphatic heterocycles. The number of pyridine rings is 2. The Morgan fingerprint density at radius 3 is 2.30 bits per heavy atom. The molecule has 1 unspecified atom stereocenters. The zero-order chi connectivity index (χ0) is 31.4. The Labute approximate surface area is 248 Å². The largest absolute Gasteiger partial charge is 0.481 e. The Balaban J connectivity index is 1.60. The van der Waals surface area contributed by atoms with E-state index in [1.807, 2.05) is 4.90 Å².